The minimum absolute atomic E-state index is 0.0588. The molecule has 0 spiro atoms. The molecule has 0 N–H and O–H groups in total. The fraction of sp³-hybridized carbons (Fsp3) is 0.923. The molecule has 0 aromatic carbocycles. The summed E-state index contributed by atoms with van der Waals surface area (Å²) < 4.78 is 0.0588. The molecule has 0 aliphatic carbocycles. The Bertz CT molecular complexity index is 292. The highest BCUT2D eigenvalue weighted by atomic mass is 28.4. The first-order valence-corrected chi connectivity index (χ1v) is 17.5. The van der Waals surface area contributed by atoms with Crippen LogP contribution < -0.4 is 5.11 Å². The van der Waals surface area contributed by atoms with Crippen molar-refractivity contribution in [3.05, 3.63) is 0 Å². The van der Waals surface area contributed by atoms with Crippen LogP contribution in [0.3, 0.4) is 0 Å². The molecule has 18 heavy (non-hydrogen) atoms. The van der Waals surface area contributed by atoms with E-state index in [0.29, 0.717) is 0 Å². The summed E-state index contributed by atoms with van der Waals surface area (Å²) in [6.45, 7) is 21.1. The van der Waals surface area contributed by atoms with Gasteiger partial charge in [-0.3, -0.25) is 0 Å². The van der Waals surface area contributed by atoms with E-state index in [1.807, 2.05) is 0 Å². The van der Waals surface area contributed by atoms with Gasteiger partial charge in [-0.05, 0) is 11.1 Å². The van der Waals surface area contributed by atoms with E-state index in [-0.39, 0.29) is 11.1 Å². The molecule has 0 aliphatic heterocycles. The van der Waals surface area contributed by atoms with Gasteiger partial charge in [0.05, 0.1) is 0 Å². The summed E-state index contributed by atoms with van der Waals surface area (Å²) in [5.74, 6) is -0.849. The maximum atomic E-state index is 11.3. The van der Waals surface area contributed by atoms with Crippen molar-refractivity contribution in [1.82, 2.24) is 0 Å². The highest BCUT2D eigenvalue weighted by Crippen LogP contribution is 2.55. The predicted molar refractivity (Wildman–Crippen MR) is 87.2 cm³/mol. The summed E-state index contributed by atoms with van der Waals surface area (Å²) in [5, 5.41) is 11.3. The number of hydrogen-bond donors (Lipinski definition) is 0. The highest BCUT2D eigenvalue weighted by Gasteiger charge is 2.53. The summed E-state index contributed by atoms with van der Waals surface area (Å²) in [6, 6.07) is 1.14. The fourth-order valence-electron chi connectivity index (χ4n) is 3.40. The molecule has 0 saturated heterocycles. The van der Waals surface area contributed by atoms with E-state index in [0.717, 1.165) is 6.04 Å². The van der Waals surface area contributed by atoms with Gasteiger partial charge in [-0.15, -0.1) is 0 Å². The fourth-order valence-corrected chi connectivity index (χ4v) is 23.1. The quantitative estimate of drug-likeness (QED) is 0.705. The Morgan fingerprint density at radius 3 is 1.39 bits per heavy atom. The van der Waals surface area contributed by atoms with Crippen molar-refractivity contribution < 1.29 is 9.90 Å². The van der Waals surface area contributed by atoms with Crippen LogP contribution in [0.25, 0.3) is 0 Å². The Morgan fingerprint density at radius 2 is 1.22 bits per heavy atom. The summed E-state index contributed by atoms with van der Waals surface area (Å²) >= 11 is 0. The van der Waals surface area contributed by atoms with Crippen molar-refractivity contribution in [1.29, 1.82) is 0 Å². The summed E-state index contributed by atoms with van der Waals surface area (Å²) in [4.78, 5) is 11.3. The summed E-state index contributed by atoms with van der Waals surface area (Å²) in [7, 11) is -4.44. The van der Waals surface area contributed by atoms with Gasteiger partial charge in [0.25, 0.3) is 0 Å². The van der Waals surface area contributed by atoms with Crippen LogP contribution in [0.4, 0.5) is 0 Å². The van der Waals surface area contributed by atoms with Crippen molar-refractivity contribution in [3.8, 4) is 0 Å². The third-order valence-electron chi connectivity index (χ3n) is 4.15. The molecule has 108 valence electrons. The maximum absolute atomic E-state index is 11.3. The van der Waals surface area contributed by atoms with E-state index >= 15 is 0 Å². The number of carboxylic acid groups (broad SMARTS) is 1. The number of carboxylic acids is 1. The molecule has 0 fully saturated rings. The minimum Gasteiger partial charge on any atom is -0.550 e. The third kappa shape index (κ3) is 4.35. The highest BCUT2D eigenvalue weighted by molar-refractivity contribution is 7.00. The number of carbonyl (C=O) groups excluding carboxylic acids is 1. The van der Waals surface area contributed by atoms with Crippen LogP contribution >= 0.6 is 0 Å². The lowest BCUT2D eigenvalue weighted by atomic mass is 10.3. The van der Waals surface area contributed by atoms with E-state index in [2.05, 4.69) is 58.9 Å². The zero-order valence-corrected chi connectivity index (χ0v) is 16.7. The molecular formula is C13H31O2Si3-. The van der Waals surface area contributed by atoms with Crippen LogP contribution in [0.1, 0.15) is 6.42 Å². The molecule has 0 heterocycles. The lowest BCUT2D eigenvalue weighted by Crippen LogP contribution is -2.58. The van der Waals surface area contributed by atoms with Gasteiger partial charge < -0.3 is 9.90 Å². The largest absolute Gasteiger partial charge is 0.550 e. The van der Waals surface area contributed by atoms with E-state index in [1.54, 1.807) is 0 Å². The van der Waals surface area contributed by atoms with Gasteiger partial charge in [-0.1, -0.05) is 65.0 Å². The van der Waals surface area contributed by atoms with E-state index in [4.69, 9.17) is 0 Å². The molecule has 0 bridgehead atoms. The molecule has 0 aromatic heterocycles. The maximum Gasteiger partial charge on any atom is 0.0479 e. The molecule has 0 aromatic rings. The van der Waals surface area contributed by atoms with E-state index < -0.39 is 30.2 Å². The van der Waals surface area contributed by atoms with Gasteiger partial charge in [0.15, 0.2) is 0 Å². The second kappa shape index (κ2) is 5.25. The third-order valence-corrected chi connectivity index (χ3v) is 17.5. The van der Waals surface area contributed by atoms with Gasteiger partial charge in [-0.2, -0.15) is 0 Å². The molecule has 0 amide bonds. The molecule has 0 unspecified atom stereocenters. The Balaban J connectivity index is 5.81. The Hall–Kier alpha value is 0.121. The number of rotatable bonds is 6. The second-order valence-electron chi connectivity index (χ2n) is 8.87. The van der Waals surface area contributed by atoms with Crippen LogP contribution in [0.2, 0.25) is 69.6 Å². The van der Waals surface area contributed by atoms with Gasteiger partial charge in [0, 0.05) is 30.2 Å². The van der Waals surface area contributed by atoms with Gasteiger partial charge in [0.2, 0.25) is 0 Å². The van der Waals surface area contributed by atoms with Crippen molar-refractivity contribution in [2.24, 2.45) is 0 Å². The molecule has 2 nitrogen and oxygen atoms in total. The Kier molecular flexibility index (Phi) is 5.28. The smallest absolute Gasteiger partial charge is 0.0479 e. The van der Waals surface area contributed by atoms with Crippen molar-refractivity contribution in [2.75, 3.05) is 0 Å². The number of aliphatic carboxylic acids is 1. The van der Waals surface area contributed by atoms with Crippen molar-refractivity contribution in [2.45, 2.75) is 76.0 Å². The standard InChI is InChI=1S/C13H32O2Si3/c1-16(2,3)11-13(10-12(14)15,17(4,5)6)18(7,8)9/h10-11H2,1-9H3,(H,14,15)/p-1. The van der Waals surface area contributed by atoms with Crippen molar-refractivity contribution in [3.63, 3.8) is 0 Å². The molecule has 0 rings (SSSR count). The SMILES string of the molecule is C[Si](C)(C)CC(CC(=O)[O-])([Si](C)(C)C)[Si](C)(C)C. The van der Waals surface area contributed by atoms with Crippen LogP contribution in [-0.4, -0.2) is 30.2 Å². The first-order chi connectivity index (χ1) is 7.62. The second-order valence-corrected chi connectivity index (χ2v) is 25.8. The predicted octanol–water partition coefficient (Wildman–Crippen LogP) is 3.42. The Morgan fingerprint density at radius 1 is 0.889 bits per heavy atom. The molecular weight excluding hydrogens is 272 g/mol. The van der Waals surface area contributed by atoms with Gasteiger partial charge in [0.1, 0.15) is 0 Å². The zero-order valence-electron chi connectivity index (χ0n) is 13.7. The van der Waals surface area contributed by atoms with E-state index in [9.17, 15) is 9.90 Å². The average Bonchev–Trinajstić information content (AvgIpc) is 1.93. The molecule has 0 radical (unpaired) electrons. The molecule has 0 atom stereocenters. The number of hydrogen-bond acceptors (Lipinski definition) is 2. The molecule has 5 heteroatoms. The average molecular weight is 304 g/mol. The Labute approximate surface area is 116 Å². The lowest BCUT2D eigenvalue weighted by Gasteiger charge is -2.55. The van der Waals surface area contributed by atoms with Crippen LogP contribution in [0, 0.1) is 0 Å². The minimum atomic E-state index is -1.57. The molecule has 0 aliphatic rings. The van der Waals surface area contributed by atoms with Crippen LogP contribution in [0.15, 0.2) is 0 Å². The summed E-state index contributed by atoms with van der Waals surface area (Å²) in [6.07, 6.45) is 0.280. The van der Waals surface area contributed by atoms with Crippen molar-refractivity contribution >= 4 is 30.2 Å². The summed E-state index contributed by atoms with van der Waals surface area (Å²) in [5.41, 5.74) is 0. The monoisotopic (exact) mass is 303 g/mol. The normalized spacial score (nSPS) is 14.7. The topological polar surface area (TPSA) is 40.1 Å². The first-order valence-electron chi connectivity index (χ1n) is 6.82. The van der Waals surface area contributed by atoms with Crippen LogP contribution in [-0.2, 0) is 4.79 Å². The lowest BCUT2D eigenvalue weighted by molar-refractivity contribution is -0.306. The van der Waals surface area contributed by atoms with Gasteiger partial charge >= 0.3 is 0 Å². The molecule has 0 saturated carbocycles. The van der Waals surface area contributed by atoms with Crippen LogP contribution in [0.5, 0.6) is 0 Å². The number of carbonyl (C=O) groups is 1. The van der Waals surface area contributed by atoms with Gasteiger partial charge in [-0.25, -0.2) is 0 Å². The first kappa shape index (κ1) is 18.1. The van der Waals surface area contributed by atoms with E-state index in [1.165, 1.54) is 0 Å². The zero-order chi connectivity index (χ0) is 15.0.